The van der Waals surface area contributed by atoms with Crippen molar-refractivity contribution in [3.63, 3.8) is 0 Å². The van der Waals surface area contributed by atoms with E-state index in [1.807, 2.05) is 13.8 Å². The maximum Gasteiger partial charge on any atom is 0.240 e. The van der Waals surface area contributed by atoms with E-state index in [1.165, 1.54) is 7.11 Å². The van der Waals surface area contributed by atoms with Crippen LogP contribution in [0.15, 0.2) is 0 Å². The maximum atomic E-state index is 10.7. The van der Waals surface area contributed by atoms with Gasteiger partial charge in [-0.15, -0.1) is 0 Å². The van der Waals surface area contributed by atoms with Gasteiger partial charge in [0, 0.05) is 0 Å². The Morgan fingerprint density at radius 1 is 1.64 bits per heavy atom. The first-order valence-corrected chi connectivity index (χ1v) is 3.93. The fourth-order valence-corrected chi connectivity index (χ4v) is 0.934. The Labute approximate surface area is 72.0 Å². The highest BCUT2D eigenvalue weighted by molar-refractivity contribution is 6.64. The van der Waals surface area contributed by atoms with Crippen LogP contribution in [0.5, 0.6) is 0 Å². The molecule has 0 spiro atoms. The molecule has 0 bridgehead atoms. The third-order valence-corrected chi connectivity index (χ3v) is 1.50. The summed E-state index contributed by atoms with van der Waals surface area (Å²) in [6.45, 7) is 4.04. The highest BCUT2D eigenvalue weighted by Crippen LogP contribution is 2.06. The lowest BCUT2D eigenvalue weighted by Gasteiger charge is -2.14. The van der Waals surface area contributed by atoms with E-state index < -0.39 is 5.24 Å². The number of carbonyl (C=O) groups excluding carboxylic acids is 1. The number of hydrogen-bond acceptors (Lipinski definition) is 3. The zero-order valence-electron chi connectivity index (χ0n) is 7.06. The first-order chi connectivity index (χ1) is 5.07. The molecule has 66 valence electrons. The highest BCUT2D eigenvalue weighted by atomic mass is 35.5. The van der Waals surface area contributed by atoms with E-state index in [0.717, 1.165) is 0 Å². The van der Waals surface area contributed by atoms with Gasteiger partial charge in [0.05, 0.1) is 7.11 Å². The normalized spacial score (nSPS) is 13.5. The minimum Gasteiger partial charge on any atom is -0.304 e. The molecule has 4 heteroatoms. The molecule has 1 atom stereocenters. The zero-order chi connectivity index (χ0) is 8.85. The van der Waals surface area contributed by atoms with Gasteiger partial charge in [0.2, 0.25) is 5.24 Å². The van der Waals surface area contributed by atoms with Gasteiger partial charge in [-0.25, -0.2) is 0 Å². The van der Waals surface area contributed by atoms with Gasteiger partial charge >= 0.3 is 0 Å². The first-order valence-electron chi connectivity index (χ1n) is 3.55. The van der Waals surface area contributed by atoms with E-state index in [0.29, 0.717) is 12.3 Å². The number of carbonyl (C=O) groups is 1. The van der Waals surface area contributed by atoms with E-state index in [4.69, 9.17) is 11.6 Å². The molecule has 11 heavy (non-hydrogen) atoms. The Balaban J connectivity index is 3.79. The molecule has 0 amide bonds. The number of rotatable bonds is 5. The Bertz CT molecular complexity index is 128. The molecule has 3 nitrogen and oxygen atoms in total. The van der Waals surface area contributed by atoms with Crippen molar-refractivity contribution < 1.29 is 9.63 Å². The predicted molar refractivity (Wildman–Crippen MR) is 44.2 cm³/mol. The van der Waals surface area contributed by atoms with Gasteiger partial charge in [0.1, 0.15) is 6.04 Å². The Kier molecular flexibility index (Phi) is 5.46. The third-order valence-electron chi connectivity index (χ3n) is 1.24. The molecule has 0 unspecified atom stereocenters. The standard InChI is InChI=1S/C7H14ClNO2/c1-5(2)4-6(7(8)10)9-11-3/h5-6,9H,4H2,1-3H3/t6-/m0/s1. The number of hydroxylamine groups is 1. The van der Waals surface area contributed by atoms with Crippen LogP contribution >= 0.6 is 11.6 Å². The minimum atomic E-state index is -0.402. The number of hydrogen-bond donors (Lipinski definition) is 1. The van der Waals surface area contributed by atoms with E-state index in [9.17, 15) is 4.79 Å². The van der Waals surface area contributed by atoms with Gasteiger partial charge < -0.3 is 4.84 Å². The Hall–Kier alpha value is -0.120. The van der Waals surface area contributed by atoms with Gasteiger partial charge in [-0.1, -0.05) is 13.8 Å². The molecule has 1 N–H and O–H groups in total. The molecular formula is C7H14ClNO2. The van der Waals surface area contributed by atoms with Crippen LogP contribution in [0.2, 0.25) is 0 Å². The molecule has 0 aromatic rings. The summed E-state index contributed by atoms with van der Waals surface area (Å²) in [4.78, 5) is 15.3. The molecule has 0 aromatic carbocycles. The van der Waals surface area contributed by atoms with Crippen LogP contribution in [-0.4, -0.2) is 18.4 Å². The summed E-state index contributed by atoms with van der Waals surface area (Å²) in [5.41, 5.74) is 2.53. The number of nitrogens with one attached hydrogen (secondary N) is 1. The van der Waals surface area contributed by atoms with Crippen LogP contribution < -0.4 is 5.48 Å². The summed E-state index contributed by atoms with van der Waals surface area (Å²) in [5.74, 6) is 0.422. The van der Waals surface area contributed by atoms with Gasteiger partial charge in [-0.05, 0) is 23.9 Å². The van der Waals surface area contributed by atoms with Gasteiger partial charge in [-0.3, -0.25) is 4.79 Å². The molecule has 0 aromatic heterocycles. The summed E-state index contributed by atoms with van der Waals surface area (Å²) in [7, 11) is 1.47. The molecule has 0 aliphatic carbocycles. The SMILES string of the molecule is CON[C@@H](CC(C)C)C(=O)Cl. The van der Waals surface area contributed by atoms with Crippen molar-refractivity contribution in [2.24, 2.45) is 5.92 Å². The fraction of sp³-hybridized carbons (Fsp3) is 0.857. The molecule has 0 saturated heterocycles. The summed E-state index contributed by atoms with van der Waals surface area (Å²) in [6, 6.07) is -0.387. The van der Waals surface area contributed by atoms with Crippen LogP contribution in [0, 0.1) is 5.92 Å². The molecule has 0 saturated carbocycles. The molecule has 0 rings (SSSR count). The summed E-state index contributed by atoms with van der Waals surface area (Å²) in [6.07, 6.45) is 0.691. The smallest absolute Gasteiger partial charge is 0.240 e. The fourth-order valence-electron chi connectivity index (χ4n) is 0.801. The van der Waals surface area contributed by atoms with Crippen molar-refractivity contribution in [1.82, 2.24) is 5.48 Å². The van der Waals surface area contributed by atoms with Crippen molar-refractivity contribution in [1.29, 1.82) is 0 Å². The average molecular weight is 180 g/mol. The summed E-state index contributed by atoms with van der Waals surface area (Å²) >= 11 is 5.29. The van der Waals surface area contributed by atoms with Crippen LogP contribution in [0.1, 0.15) is 20.3 Å². The van der Waals surface area contributed by atoms with Gasteiger partial charge in [-0.2, -0.15) is 5.48 Å². The molecule has 0 fully saturated rings. The summed E-state index contributed by atoms with van der Waals surface area (Å²) in [5, 5.41) is -0.402. The largest absolute Gasteiger partial charge is 0.304 e. The van der Waals surface area contributed by atoms with E-state index in [1.54, 1.807) is 0 Å². The van der Waals surface area contributed by atoms with Crippen LogP contribution in [0.25, 0.3) is 0 Å². The van der Waals surface area contributed by atoms with Crippen molar-refractivity contribution >= 4 is 16.8 Å². The monoisotopic (exact) mass is 179 g/mol. The van der Waals surface area contributed by atoms with Crippen molar-refractivity contribution in [3.8, 4) is 0 Å². The highest BCUT2D eigenvalue weighted by Gasteiger charge is 2.16. The second-order valence-corrected chi connectivity index (χ2v) is 3.18. The molecule has 0 radical (unpaired) electrons. The lowest BCUT2D eigenvalue weighted by atomic mass is 10.1. The second kappa shape index (κ2) is 5.52. The average Bonchev–Trinajstić information content (AvgIpc) is 1.86. The predicted octanol–water partition coefficient (Wildman–Crippen LogP) is 1.32. The van der Waals surface area contributed by atoms with Crippen molar-refractivity contribution in [2.75, 3.05) is 7.11 Å². The topological polar surface area (TPSA) is 38.3 Å². The van der Waals surface area contributed by atoms with Crippen molar-refractivity contribution in [3.05, 3.63) is 0 Å². The Morgan fingerprint density at radius 2 is 2.18 bits per heavy atom. The number of halogens is 1. The molecule has 0 heterocycles. The van der Waals surface area contributed by atoms with Crippen LogP contribution in [0.4, 0.5) is 0 Å². The molecule has 0 aliphatic heterocycles. The van der Waals surface area contributed by atoms with Crippen LogP contribution in [-0.2, 0) is 9.63 Å². The second-order valence-electron chi connectivity index (χ2n) is 2.81. The first kappa shape index (κ1) is 10.9. The lowest BCUT2D eigenvalue weighted by Crippen LogP contribution is -2.34. The molecular weight excluding hydrogens is 166 g/mol. The molecule has 0 aliphatic rings. The van der Waals surface area contributed by atoms with Gasteiger partial charge in [0.25, 0.3) is 0 Å². The summed E-state index contributed by atoms with van der Waals surface area (Å²) < 4.78 is 0. The quantitative estimate of drug-likeness (QED) is 0.511. The minimum absolute atomic E-state index is 0.387. The van der Waals surface area contributed by atoms with E-state index in [2.05, 4.69) is 10.3 Å². The van der Waals surface area contributed by atoms with Crippen molar-refractivity contribution in [2.45, 2.75) is 26.3 Å². The van der Waals surface area contributed by atoms with Gasteiger partial charge in [0.15, 0.2) is 0 Å². The van der Waals surface area contributed by atoms with Crippen LogP contribution in [0.3, 0.4) is 0 Å². The van der Waals surface area contributed by atoms with E-state index >= 15 is 0 Å². The van der Waals surface area contributed by atoms with E-state index in [-0.39, 0.29) is 6.04 Å². The lowest BCUT2D eigenvalue weighted by molar-refractivity contribution is -0.117. The zero-order valence-corrected chi connectivity index (χ0v) is 7.81. The maximum absolute atomic E-state index is 10.7. The Morgan fingerprint density at radius 3 is 2.45 bits per heavy atom. The third kappa shape index (κ3) is 5.18.